The number of nitrogens with one attached hydrogen (secondary N) is 4. The molecule has 0 unspecified atom stereocenters. The highest BCUT2D eigenvalue weighted by molar-refractivity contribution is 6.00. The monoisotopic (exact) mass is 742 g/mol. The Morgan fingerprint density at radius 1 is 0.891 bits per heavy atom. The third kappa shape index (κ3) is 9.24. The Kier molecular flexibility index (Phi) is 12.5. The molecule has 2 fully saturated rings. The zero-order chi connectivity index (χ0) is 38.1. The molecule has 3 aromatic carbocycles. The van der Waals surface area contributed by atoms with Gasteiger partial charge in [-0.15, -0.1) is 0 Å². The predicted molar refractivity (Wildman–Crippen MR) is 218 cm³/mol. The van der Waals surface area contributed by atoms with E-state index in [2.05, 4.69) is 94.5 Å². The van der Waals surface area contributed by atoms with Crippen molar-refractivity contribution in [2.24, 2.45) is 0 Å². The van der Waals surface area contributed by atoms with Crippen molar-refractivity contribution < 1.29 is 14.3 Å². The van der Waals surface area contributed by atoms with Gasteiger partial charge < -0.3 is 26.0 Å². The van der Waals surface area contributed by atoms with Crippen LogP contribution in [0.4, 0.5) is 5.69 Å². The number of ether oxygens (including phenoxy) is 1. The molecule has 11 heteroatoms. The van der Waals surface area contributed by atoms with Crippen molar-refractivity contribution in [1.82, 2.24) is 35.6 Å². The molecule has 5 aromatic rings. The van der Waals surface area contributed by atoms with Crippen molar-refractivity contribution in [3.05, 3.63) is 112 Å². The van der Waals surface area contributed by atoms with Crippen molar-refractivity contribution in [2.45, 2.75) is 78.7 Å². The Balaban J connectivity index is 1.02. The summed E-state index contributed by atoms with van der Waals surface area (Å²) >= 11 is 0. The summed E-state index contributed by atoms with van der Waals surface area (Å²) in [7, 11) is 0. The summed E-state index contributed by atoms with van der Waals surface area (Å²) in [6, 6.07) is 22.3. The molecular weight excluding hydrogens is 689 g/mol. The third-order valence-electron chi connectivity index (χ3n) is 10.8. The topological polar surface area (TPSA) is 125 Å². The van der Waals surface area contributed by atoms with Crippen molar-refractivity contribution in [3.8, 4) is 11.1 Å². The van der Waals surface area contributed by atoms with Gasteiger partial charge in [-0.1, -0.05) is 43.3 Å². The van der Waals surface area contributed by atoms with Gasteiger partial charge in [-0.25, -0.2) is 9.67 Å². The van der Waals surface area contributed by atoms with E-state index in [-0.39, 0.29) is 17.9 Å². The highest BCUT2D eigenvalue weighted by Crippen LogP contribution is 2.31. The molecule has 0 atom stereocenters. The first-order valence-electron chi connectivity index (χ1n) is 19.9. The fraction of sp³-hybridized carbons (Fsp3) is 0.409. The summed E-state index contributed by atoms with van der Waals surface area (Å²) < 4.78 is 7.52. The van der Waals surface area contributed by atoms with Gasteiger partial charge in [0.2, 0.25) is 0 Å². The number of benzene rings is 3. The van der Waals surface area contributed by atoms with E-state index >= 15 is 0 Å². The Morgan fingerprint density at radius 3 is 2.45 bits per heavy atom. The molecular formula is C44H54N8O3. The maximum Gasteiger partial charge on any atom is 0.251 e. The third-order valence-corrected chi connectivity index (χ3v) is 10.8. The van der Waals surface area contributed by atoms with Crippen LogP contribution in [0.15, 0.2) is 72.9 Å². The lowest BCUT2D eigenvalue weighted by molar-refractivity contribution is 0.0904. The standard InChI is InChI=1S/C44H54N8O3/c1-4-40-38(41(49-36-15-21-55-22-16-36)39-28-48-52(5-2)42(39)50-40)27-47-44(54)35-12-7-11-34(25-35)43(53)46-26-31-14-13-30(3)37(24-31)33-10-6-9-32(23-33)29-51-19-8-17-45-18-20-51/h6-7,9-14,23-25,28,36,45H,4-5,8,15-22,26-27,29H2,1-3H3,(H,46,53)(H,47,54)(H,49,50). The molecule has 288 valence electrons. The Labute approximate surface area is 324 Å². The Bertz CT molecular complexity index is 2110. The summed E-state index contributed by atoms with van der Waals surface area (Å²) in [6.45, 7) is 14.3. The quantitative estimate of drug-likeness (QED) is 0.112. The van der Waals surface area contributed by atoms with E-state index in [9.17, 15) is 9.59 Å². The Hall–Kier alpha value is -5.10. The first kappa shape index (κ1) is 38.2. The summed E-state index contributed by atoms with van der Waals surface area (Å²) in [4.78, 5) is 34.6. The van der Waals surface area contributed by atoms with Gasteiger partial charge in [0, 0.05) is 80.9 Å². The number of rotatable bonds is 13. The summed E-state index contributed by atoms with van der Waals surface area (Å²) in [6.07, 6.45) is 5.56. The first-order valence-corrected chi connectivity index (χ1v) is 19.9. The maximum absolute atomic E-state index is 13.6. The molecule has 0 radical (unpaired) electrons. The van der Waals surface area contributed by atoms with Crippen LogP contribution in [0.2, 0.25) is 0 Å². The van der Waals surface area contributed by atoms with Crippen molar-refractivity contribution >= 4 is 28.5 Å². The highest BCUT2D eigenvalue weighted by Gasteiger charge is 2.22. The average molecular weight is 743 g/mol. The molecule has 4 heterocycles. The molecule has 2 aliphatic heterocycles. The van der Waals surface area contributed by atoms with Gasteiger partial charge in [-0.05, 0) is 111 Å². The molecule has 11 nitrogen and oxygen atoms in total. The minimum Gasteiger partial charge on any atom is -0.381 e. The van der Waals surface area contributed by atoms with Gasteiger partial charge in [0.15, 0.2) is 5.65 Å². The van der Waals surface area contributed by atoms with E-state index in [1.165, 1.54) is 23.1 Å². The van der Waals surface area contributed by atoms with Gasteiger partial charge in [0.1, 0.15) is 0 Å². The zero-order valence-electron chi connectivity index (χ0n) is 32.4. The number of fused-ring (bicyclic) bond motifs is 1. The van der Waals surface area contributed by atoms with Crippen LogP contribution in [0.1, 0.15) is 81.8 Å². The van der Waals surface area contributed by atoms with Crippen molar-refractivity contribution in [1.29, 1.82) is 0 Å². The van der Waals surface area contributed by atoms with Crippen LogP contribution in [0.3, 0.4) is 0 Å². The molecule has 2 amide bonds. The second kappa shape index (κ2) is 18.0. The SMILES string of the molecule is CCc1nc2c(cnn2CC)c(NC2CCOCC2)c1CNC(=O)c1cccc(C(=O)NCc2ccc(C)c(-c3cccc(CN4CCCNCC4)c3)c2)c1. The molecule has 55 heavy (non-hydrogen) atoms. The lowest BCUT2D eigenvalue weighted by atomic mass is 9.96. The normalized spacial score (nSPS) is 15.5. The lowest BCUT2D eigenvalue weighted by Gasteiger charge is -2.26. The molecule has 2 aromatic heterocycles. The number of pyridine rings is 1. The number of nitrogens with zero attached hydrogens (tertiary/aromatic N) is 4. The minimum atomic E-state index is -0.254. The van der Waals surface area contributed by atoms with E-state index in [4.69, 9.17) is 9.72 Å². The van der Waals surface area contributed by atoms with Crippen LogP contribution >= 0.6 is 0 Å². The number of carbonyl (C=O) groups is 2. The second-order valence-corrected chi connectivity index (χ2v) is 14.7. The van der Waals surface area contributed by atoms with Gasteiger partial charge in [0.25, 0.3) is 11.8 Å². The van der Waals surface area contributed by atoms with Gasteiger partial charge in [0.05, 0.1) is 17.3 Å². The zero-order valence-corrected chi connectivity index (χ0v) is 32.4. The molecule has 0 spiro atoms. The van der Waals surface area contributed by atoms with Crippen LogP contribution < -0.4 is 21.3 Å². The predicted octanol–water partition coefficient (Wildman–Crippen LogP) is 6.24. The molecule has 0 aliphatic carbocycles. The van der Waals surface area contributed by atoms with E-state index in [0.29, 0.717) is 37.2 Å². The van der Waals surface area contributed by atoms with Crippen molar-refractivity contribution in [2.75, 3.05) is 44.7 Å². The fourth-order valence-corrected chi connectivity index (χ4v) is 7.70. The largest absolute Gasteiger partial charge is 0.381 e. The van der Waals surface area contributed by atoms with Gasteiger partial charge in [-0.3, -0.25) is 14.5 Å². The van der Waals surface area contributed by atoms with Gasteiger partial charge >= 0.3 is 0 Å². The number of aryl methyl sites for hydroxylation is 3. The Morgan fingerprint density at radius 2 is 1.67 bits per heavy atom. The number of hydrogen-bond acceptors (Lipinski definition) is 8. The van der Waals surface area contributed by atoms with Crippen LogP contribution in [-0.4, -0.2) is 76.9 Å². The lowest BCUT2D eigenvalue weighted by Crippen LogP contribution is -2.30. The maximum atomic E-state index is 13.6. The van der Waals surface area contributed by atoms with Crippen LogP contribution in [0.5, 0.6) is 0 Å². The smallest absolute Gasteiger partial charge is 0.251 e. The van der Waals surface area contributed by atoms with Crippen LogP contribution in [0, 0.1) is 6.92 Å². The molecule has 7 rings (SSSR count). The second-order valence-electron chi connectivity index (χ2n) is 14.7. The summed E-state index contributed by atoms with van der Waals surface area (Å²) in [5.41, 5.74) is 10.4. The fourth-order valence-electron chi connectivity index (χ4n) is 7.70. The van der Waals surface area contributed by atoms with E-state index in [1.807, 2.05) is 10.9 Å². The van der Waals surface area contributed by atoms with Crippen molar-refractivity contribution in [3.63, 3.8) is 0 Å². The highest BCUT2D eigenvalue weighted by atomic mass is 16.5. The van der Waals surface area contributed by atoms with E-state index < -0.39 is 0 Å². The van der Waals surface area contributed by atoms with Crippen LogP contribution in [-0.2, 0) is 37.3 Å². The molecule has 4 N–H and O–H groups in total. The molecule has 0 bridgehead atoms. The minimum absolute atomic E-state index is 0.232. The first-order chi connectivity index (χ1) is 26.9. The number of anilines is 1. The number of amides is 2. The van der Waals surface area contributed by atoms with E-state index in [0.717, 1.165) is 97.9 Å². The summed E-state index contributed by atoms with van der Waals surface area (Å²) in [5.74, 6) is -0.486. The van der Waals surface area contributed by atoms with Gasteiger partial charge in [-0.2, -0.15) is 5.10 Å². The van der Waals surface area contributed by atoms with E-state index in [1.54, 1.807) is 24.3 Å². The molecule has 0 saturated carbocycles. The molecule has 2 aliphatic rings. The van der Waals surface area contributed by atoms with Crippen LogP contribution in [0.25, 0.3) is 22.2 Å². The number of carbonyl (C=O) groups excluding carboxylic acids is 2. The summed E-state index contributed by atoms with van der Waals surface area (Å²) in [5, 5.41) is 19.0. The number of aromatic nitrogens is 3. The number of hydrogen-bond donors (Lipinski definition) is 4. The molecule has 2 saturated heterocycles. The average Bonchev–Trinajstić information content (AvgIpc) is 3.46.